The first-order chi connectivity index (χ1) is 19.9. The van der Waals surface area contributed by atoms with Crippen LogP contribution < -0.4 is 9.64 Å². The Morgan fingerprint density at radius 1 is 1.07 bits per heavy atom. The lowest BCUT2D eigenvalue weighted by atomic mass is 9.77. The van der Waals surface area contributed by atoms with Gasteiger partial charge in [0.25, 0.3) is 5.91 Å². The normalized spacial score (nSPS) is 22.6. The van der Waals surface area contributed by atoms with Crippen molar-refractivity contribution in [3.63, 3.8) is 0 Å². The summed E-state index contributed by atoms with van der Waals surface area (Å²) in [4.78, 5) is 26.6. The molecule has 1 amide bonds. The van der Waals surface area contributed by atoms with Crippen molar-refractivity contribution in [1.29, 1.82) is 0 Å². The van der Waals surface area contributed by atoms with E-state index >= 15 is 0 Å². The van der Waals surface area contributed by atoms with Gasteiger partial charge in [0.2, 0.25) is 5.95 Å². The Morgan fingerprint density at radius 3 is 2.56 bits per heavy atom. The molecule has 8 rings (SSSR count). The number of hydrogen-bond acceptors (Lipinski definition) is 7. The summed E-state index contributed by atoms with van der Waals surface area (Å²) in [5.74, 6) is 0.225. The standard InChI is InChI=1S/C30H28F2N6O3/c1-36-22-12-20(24-19(27(36)39)3-2-4-23(24)41-28(31)32)25-21-11-17(5-8-38(21)35-26(22)25)18-13-33-29(34-14-18)37-9-6-30(7-10-37)15-40-16-30/h2-5,8,11,13-14,20,22,28H,6-7,9-10,12,15-16H2,1H3. The lowest BCUT2D eigenvalue weighted by molar-refractivity contribution is -0.124. The van der Waals surface area contributed by atoms with Crippen molar-refractivity contribution in [3.8, 4) is 16.9 Å². The molecule has 9 nitrogen and oxygen atoms in total. The summed E-state index contributed by atoms with van der Waals surface area (Å²) < 4.78 is 38.9. The molecule has 4 aliphatic rings. The largest absolute Gasteiger partial charge is 0.434 e. The fourth-order valence-corrected chi connectivity index (χ4v) is 7.04. The molecule has 1 aliphatic carbocycles. The summed E-state index contributed by atoms with van der Waals surface area (Å²) in [6.45, 7) is 0.582. The number of fused-ring (bicyclic) bond motifs is 9. The van der Waals surface area contributed by atoms with E-state index in [0.29, 0.717) is 23.0 Å². The first-order valence-corrected chi connectivity index (χ1v) is 13.9. The molecule has 6 heterocycles. The van der Waals surface area contributed by atoms with Gasteiger partial charge in [-0.2, -0.15) is 13.9 Å². The van der Waals surface area contributed by atoms with Gasteiger partial charge < -0.3 is 19.3 Å². The molecule has 210 valence electrons. The Labute approximate surface area is 234 Å². The van der Waals surface area contributed by atoms with Gasteiger partial charge in [-0.05, 0) is 49.1 Å². The molecular formula is C30H28F2N6O3. The molecule has 3 aromatic heterocycles. The molecule has 2 fully saturated rings. The molecule has 1 spiro atoms. The lowest BCUT2D eigenvalue weighted by Gasteiger charge is -2.47. The van der Waals surface area contributed by atoms with Crippen LogP contribution in [0.4, 0.5) is 14.7 Å². The molecule has 4 aromatic rings. The average molecular weight is 559 g/mol. The van der Waals surface area contributed by atoms with Crippen LogP contribution in [0.5, 0.6) is 5.75 Å². The second-order valence-corrected chi connectivity index (χ2v) is 11.6. The van der Waals surface area contributed by atoms with Crippen LogP contribution in [0.2, 0.25) is 0 Å². The maximum Gasteiger partial charge on any atom is 0.387 e. The van der Waals surface area contributed by atoms with Crippen LogP contribution in [0.25, 0.3) is 16.6 Å². The summed E-state index contributed by atoms with van der Waals surface area (Å²) in [7, 11) is 1.74. The highest BCUT2D eigenvalue weighted by Gasteiger charge is 2.46. The van der Waals surface area contributed by atoms with Crippen molar-refractivity contribution < 1.29 is 23.0 Å². The van der Waals surface area contributed by atoms with Crippen LogP contribution in [-0.4, -0.2) is 70.4 Å². The second kappa shape index (κ2) is 8.94. The van der Waals surface area contributed by atoms with E-state index in [9.17, 15) is 13.6 Å². The Hall–Kier alpha value is -4.12. The van der Waals surface area contributed by atoms with Gasteiger partial charge in [-0.25, -0.2) is 14.5 Å². The van der Waals surface area contributed by atoms with Crippen molar-refractivity contribution in [2.75, 3.05) is 38.3 Å². The van der Waals surface area contributed by atoms with Gasteiger partial charge in [-0.3, -0.25) is 4.79 Å². The third kappa shape index (κ3) is 3.74. The first kappa shape index (κ1) is 24.7. The van der Waals surface area contributed by atoms with E-state index in [1.54, 1.807) is 28.6 Å². The topological polar surface area (TPSA) is 85.1 Å². The van der Waals surface area contributed by atoms with E-state index in [1.807, 2.05) is 30.7 Å². The predicted molar refractivity (Wildman–Crippen MR) is 145 cm³/mol. The maximum atomic E-state index is 13.4. The highest BCUT2D eigenvalue weighted by molar-refractivity contribution is 5.98. The first-order valence-electron chi connectivity index (χ1n) is 13.9. The zero-order valence-corrected chi connectivity index (χ0v) is 22.5. The van der Waals surface area contributed by atoms with E-state index < -0.39 is 6.61 Å². The fraction of sp³-hybridized carbons (Fsp3) is 0.400. The monoisotopic (exact) mass is 558 g/mol. The molecule has 1 aromatic carbocycles. The minimum absolute atomic E-state index is 0.0331. The van der Waals surface area contributed by atoms with Crippen molar-refractivity contribution >= 4 is 17.4 Å². The SMILES string of the molecule is CN1C(=O)c2cccc(OC(F)F)c2C2CC1c1nn3ccc(-c4cnc(N5CCC6(CC5)COC6)nc4)cc3c12. The molecule has 41 heavy (non-hydrogen) atoms. The number of amides is 1. The highest BCUT2D eigenvalue weighted by Crippen LogP contribution is 2.53. The highest BCUT2D eigenvalue weighted by atomic mass is 19.3. The van der Waals surface area contributed by atoms with Gasteiger partial charge in [0.05, 0.1) is 30.5 Å². The number of halogens is 2. The smallest absolute Gasteiger partial charge is 0.387 e. The van der Waals surface area contributed by atoms with E-state index in [-0.39, 0.29) is 23.6 Å². The van der Waals surface area contributed by atoms with Gasteiger partial charge in [0.1, 0.15) is 5.75 Å². The number of carbonyl (C=O) groups is 1. The number of benzene rings is 1. The molecule has 2 saturated heterocycles. The van der Waals surface area contributed by atoms with Crippen LogP contribution in [-0.2, 0) is 4.74 Å². The minimum Gasteiger partial charge on any atom is -0.434 e. The van der Waals surface area contributed by atoms with Crippen molar-refractivity contribution in [1.82, 2.24) is 24.5 Å². The van der Waals surface area contributed by atoms with Crippen LogP contribution in [0.15, 0.2) is 48.9 Å². The Morgan fingerprint density at radius 2 is 1.85 bits per heavy atom. The molecule has 3 aliphatic heterocycles. The van der Waals surface area contributed by atoms with E-state index in [4.69, 9.17) is 24.5 Å². The zero-order valence-electron chi connectivity index (χ0n) is 22.5. The fourth-order valence-electron chi connectivity index (χ4n) is 7.04. The lowest BCUT2D eigenvalue weighted by Crippen LogP contribution is -2.51. The van der Waals surface area contributed by atoms with Crippen molar-refractivity contribution in [3.05, 3.63) is 71.3 Å². The molecule has 2 atom stereocenters. The molecule has 2 bridgehead atoms. The number of anilines is 1. The number of pyridine rings is 1. The Balaban J connectivity index is 1.16. The Kier molecular flexibility index (Phi) is 5.38. The quantitative estimate of drug-likeness (QED) is 0.360. The maximum absolute atomic E-state index is 13.4. The summed E-state index contributed by atoms with van der Waals surface area (Å²) in [6.07, 6.45) is 8.33. The number of rotatable bonds is 4. The van der Waals surface area contributed by atoms with Crippen LogP contribution >= 0.6 is 0 Å². The number of aromatic nitrogens is 4. The average Bonchev–Trinajstić information content (AvgIpc) is 3.49. The molecular weight excluding hydrogens is 530 g/mol. The predicted octanol–water partition coefficient (Wildman–Crippen LogP) is 4.67. The van der Waals surface area contributed by atoms with E-state index in [1.165, 1.54) is 6.07 Å². The van der Waals surface area contributed by atoms with Gasteiger partial charge in [-0.1, -0.05) is 6.07 Å². The summed E-state index contributed by atoms with van der Waals surface area (Å²) in [6, 6.07) is 8.52. The number of carbonyl (C=O) groups excluding carboxylic acids is 1. The zero-order chi connectivity index (χ0) is 27.9. The van der Waals surface area contributed by atoms with E-state index in [0.717, 1.165) is 73.0 Å². The third-order valence-electron chi connectivity index (χ3n) is 9.37. The number of nitrogens with zero attached hydrogens (tertiary/aromatic N) is 6. The number of hydrogen-bond donors (Lipinski definition) is 0. The third-order valence-corrected chi connectivity index (χ3v) is 9.37. The molecule has 0 N–H and O–H groups in total. The van der Waals surface area contributed by atoms with E-state index in [2.05, 4.69) is 4.90 Å². The number of piperidine rings is 1. The van der Waals surface area contributed by atoms with Gasteiger partial charge >= 0.3 is 6.61 Å². The van der Waals surface area contributed by atoms with Gasteiger partial charge in [-0.15, -0.1) is 0 Å². The minimum atomic E-state index is -2.99. The molecule has 0 radical (unpaired) electrons. The number of alkyl halides is 2. The molecule has 11 heteroatoms. The Bertz CT molecular complexity index is 1680. The number of ether oxygens (including phenoxy) is 2. The van der Waals surface area contributed by atoms with Crippen molar-refractivity contribution in [2.45, 2.75) is 37.8 Å². The summed E-state index contributed by atoms with van der Waals surface area (Å²) >= 11 is 0. The summed E-state index contributed by atoms with van der Waals surface area (Å²) in [5.41, 5.74) is 5.61. The molecule has 2 unspecified atom stereocenters. The van der Waals surface area contributed by atoms with Gasteiger partial charge in [0.15, 0.2) is 0 Å². The van der Waals surface area contributed by atoms with Crippen molar-refractivity contribution in [2.24, 2.45) is 5.41 Å². The van der Waals surface area contributed by atoms with Gasteiger partial charge in [0, 0.05) is 72.3 Å². The van der Waals surface area contributed by atoms with Crippen LogP contribution in [0.1, 0.15) is 58.4 Å². The summed E-state index contributed by atoms with van der Waals surface area (Å²) in [5, 5.41) is 4.85. The second-order valence-electron chi connectivity index (χ2n) is 11.6. The van der Waals surface area contributed by atoms with Crippen LogP contribution in [0.3, 0.4) is 0 Å². The molecule has 0 saturated carbocycles. The van der Waals surface area contributed by atoms with Crippen LogP contribution in [0, 0.1) is 5.41 Å².